The third kappa shape index (κ3) is 4.59. The Labute approximate surface area is 165 Å². The second kappa shape index (κ2) is 8.27. The topological polar surface area (TPSA) is 92.8 Å². The molecule has 0 spiro atoms. The highest BCUT2D eigenvalue weighted by atomic mass is 35.5. The number of fused-ring (bicyclic) bond motifs is 1. The normalized spacial score (nSPS) is 21.8. The maximum atomic E-state index is 12.3. The molecular weight excluding hydrogens is 395 g/mol. The highest BCUT2D eigenvalue weighted by Crippen LogP contribution is 2.37. The van der Waals surface area contributed by atoms with Gasteiger partial charge in [-0.1, -0.05) is 36.0 Å². The summed E-state index contributed by atoms with van der Waals surface area (Å²) in [5.41, 5.74) is 0.363. The summed E-state index contributed by atoms with van der Waals surface area (Å²) in [5.74, 6) is -2.69. The van der Waals surface area contributed by atoms with E-state index in [4.69, 9.17) is 27.9 Å². The molecular formula is C18H18Cl2N2O5. The molecule has 144 valence electrons. The first kappa shape index (κ1) is 19.6. The zero-order valence-electron chi connectivity index (χ0n) is 14.4. The monoisotopic (exact) mass is 412 g/mol. The second-order valence-electron chi connectivity index (χ2n) is 6.63. The van der Waals surface area contributed by atoms with Crippen LogP contribution < -0.4 is 5.32 Å². The molecule has 3 amide bonds. The maximum Gasteiger partial charge on any atom is 0.326 e. The number of hydrogen-bond acceptors (Lipinski definition) is 5. The molecule has 1 N–H and O–H groups in total. The first-order valence-corrected chi connectivity index (χ1v) is 9.37. The van der Waals surface area contributed by atoms with E-state index < -0.39 is 25.0 Å². The molecule has 1 aromatic carbocycles. The predicted molar refractivity (Wildman–Crippen MR) is 98.2 cm³/mol. The summed E-state index contributed by atoms with van der Waals surface area (Å²) in [7, 11) is 0. The highest BCUT2D eigenvalue weighted by molar-refractivity contribution is 6.35. The van der Waals surface area contributed by atoms with Crippen molar-refractivity contribution in [3.63, 3.8) is 0 Å². The highest BCUT2D eigenvalue weighted by Gasteiger charge is 2.48. The molecule has 0 aromatic heterocycles. The number of esters is 1. The van der Waals surface area contributed by atoms with Crippen LogP contribution >= 0.6 is 23.2 Å². The number of halogens is 2. The van der Waals surface area contributed by atoms with E-state index in [1.807, 2.05) is 0 Å². The van der Waals surface area contributed by atoms with E-state index in [1.54, 1.807) is 0 Å². The average Bonchev–Trinajstić information content (AvgIpc) is 2.84. The summed E-state index contributed by atoms with van der Waals surface area (Å²) in [6, 6.07) is 4.51. The van der Waals surface area contributed by atoms with E-state index in [9.17, 15) is 19.2 Å². The van der Waals surface area contributed by atoms with E-state index in [0.29, 0.717) is 28.6 Å². The molecule has 3 rings (SSSR count). The van der Waals surface area contributed by atoms with Crippen LogP contribution in [-0.2, 0) is 23.9 Å². The molecule has 2 fully saturated rings. The van der Waals surface area contributed by atoms with Gasteiger partial charge in [-0.15, -0.1) is 0 Å². The van der Waals surface area contributed by atoms with Gasteiger partial charge in [0, 0.05) is 15.7 Å². The SMILES string of the molecule is O=C(COC(=O)CN1C(=O)C2CCCCC2C1=O)Nc1cc(Cl)cc(Cl)c1. The number of nitrogens with one attached hydrogen (secondary N) is 1. The molecule has 0 bridgehead atoms. The Kier molecular flexibility index (Phi) is 6.01. The van der Waals surface area contributed by atoms with Crippen LogP contribution in [0.3, 0.4) is 0 Å². The van der Waals surface area contributed by atoms with Gasteiger partial charge in [-0.25, -0.2) is 0 Å². The second-order valence-corrected chi connectivity index (χ2v) is 7.50. The largest absolute Gasteiger partial charge is 0.454 e. The van der Waals surface area contributed by atoms with Crippen molar-refractivity contribution < 1.29 is 23.9 Å². The van der Waals surface area contributed by atoms with Crippen molar-refractivity contribution in [1.82, 2.24) is 4.90 Å². The molecule has 27 heavy (non-hydrogen) atoms. The van der Waals surface area contributed by atoms with Crippen molar-refractivity contribution in [3.8, 4) is 0 Å². The molecule has 1 aliphatic carbocycles. The van der Waals surface area contributed by atoms with E-state index >= 15 is 0 Å². The number of benzene rings is 1. The van der Waals surface area contributed by atoms with E-state index in [2.05, 4.69) is 5.32 Å². The molecule has 9 heteroatoms. The van der Waals surface area contributed by atoms with Crippen LogP contribution in [0.25, 0.3) is 0 Å². The third-order valence-corrected chi connectivity index (χ3v) is 5.17. The van der Waals surface area contributed by atoms with E-state index in [1.165, 1.54) is 18.2 Å². The number of rotatable bonds is 5. The van der Waals surface area contributed by atoms with Gasteiger partial charge in [0.2, 0.25) is 11.8 Å². The van der Waals surface area contributed by atoms with Gasteiger partial charge in [-0.05, 0) is 31.0 Å². The molecule has 1 heterocycles. The number of ether oxygens (including phenoxy) is 1. The van der Waals surface area contributed by atoms with Gasteiger partial charge in [-0.3, -0.25) is 24.1 Å². The number of anilines is 1. The van der Waals surface area contributed by atoms with Gasteiger partial charge in [0.1, 0.15) is 6.54 Å². The lowest BCUT2D eigenvalue weighted by atomic mass is 9.81. The third-order valence-electron chi connectivity index (χ3n) is 4.73. The number of carbonyl (C=O) groups is 4. The smallest absolute Gasteiger partial charge is 0.326 e. The zero-order chi connectivity index (χ0) is 19.6. The number of amides is 3. The van der Waals surface area contributed by atoms with Crippen LogP contribution in [0.4, 0.5) is 5.69 Å². The fourth-order valence-electron chi connectivity index (χ4n) is 3.53. The van der Waals surface area contributed by atoms with Gasteiger partial charge < -0.3 is 10.1 Å². The molecule has 0 radical (unpaired) electrons. The van der Waals surface area contributed by atoms with Crippen molar-refractivity contribution in [2.45, 2.75) is 25.7 Å². The van der Waals surface area contributed by atoms with Crippen molar-refractivity contribution in [2.75, 3.05) is 18.5 Å². The van der Waals surface area contributed by atoms with Crippen LogP contribution in [0.2, 0.25) is 10.0 Å². The molecule has 1 saturated carbocycles. The van der Waals surface area contributed by atoms with Crippen molar-refractivity contribution >= 4 is 52.6 Å². The van der Waals surface area contributed by atoms with Crippen molar-refractivity contribution in [1.29, 1.82) is 0 Å². The molecule has 1 aliphatic heterocycles. The van der Waals surface area contributed by atoms with Crippen LogP contribution in [0.5, 0.6) is 0 Å². The fourth-order valence-corrected chi connectivity index (χ4v) is 4.06. The summed E-state index contributed by atoms with van der Waals surface area (Å²) in [4.78, 5) is 49.5. The van der Waals surface area contributed by atoms with Gasteiger partial charge in [0.25, 0.3) is 5.91 Å². The average molecular weight is 413 g/mol. The lowest BCUT2D eigenvalue weighted by Crippen LogP contribution is -2.37. The summed E-state index contributed by atoms with van der Waals surface area (Å²) in [6.45, 7) is -1.02. The van der Waals surface area contributed by atoms with Crippen LogP contribution in [-0.4, -0.2) is 41.7 Å². The first-order valence-electron chi connectivity index (χ1n) is 8.62. The molecule has 1 saturated heterocycles. The Balaban J connectivity index is 1.50. The minimum absolute atomic E-state index is 0.320. The van der Waals surface area contributed by atoms with Crippen molar-refractivity contribution in [2.24, 2.45) is 11.8 Å². The first-order chi connectivity index (χ1) is 12.8. The Morgan fingerprint density at radius 3 is 2.15 bits per heavy atom. The molecule has 2 unspecified atom stereocenters. The summed E-state index contributed by atoms with van der Waals surface area (Å²) in [6.07, 6.45) is 3.16. The quantitative estimate of drug-likeness (QED) is 0.592. The van der Waals surface area contributed by atoms with Crippen molar-refractivity contribution in [3.05, 3.63) is 28.2 Å². The summed E-state index contributed by atoms with van der Waals surface area (Å²) < 4.78 is 4.89. The zero-order valence-corrected chi connectivity index (χ0v) is 15.9. The minimum Gasteiger partial charge on any atom is -0.454 e. The molecule has 7 nitrogen and oxygen atoms in total. The number of nitrogens with zero attached hydrogens (tertiary/aromatic N) is 1. The molecule has 1 aromatic rings. The Morgan fingerprint density at radius 1 is 1.04 bits per heavy atom. The number of imide groups is 1. The summed E-state index contributed by atoms with van der Waals surface area (Å²) >= 11 is 11.7. The van der Waals surface area contributed by atoms with Gasteiger partial charge >= 0.3 is 5.97 Å². The maximum absolute atomic E-state index is 12.3. The van der Waals surface area contributed by atoms with Crippen LogP contribution in [0.15, 0.2) is 18.2 Å². The number of hydrogen-bond donors (Lipinski definition) is 1. The van der Waals surface area contributed by atoms with Gasteiger partial charge in [0.15, 0.2) is 6.61 Å². The van der Waals surface area contributed by atoms with E-state index in [0.717, 1.165) is 17.7 Å². The standard InChI is InChI=1S/C18H18Cl2N2O5/c19-10-5-11(20)7-12(6-10)21-15(23)9-27-16(24)8-22-17(25)13-3-1-2-4-14(13)18(22)26/h5-7,13-14H,1-4,8-9H2,(H,21,23). The Morgan fingerprint density at radius 2 is 1.59 bits per heavy atom. The lowest BCUT2D eigenvalue weighted by molar-refractivity contribution is -0.154. The fraction of sp³-hybridized carbons (Fsp3) is 0.444. The molecule has 2 aliphatic rings. The Bertz CT molecular complexity index is 754. The Hall–Kier alpha value is -2.12. The minimum atomic E-state index is -0.811. The van der Waals surface area contributed by atoms with Gasteiger partial charge in [0.05, 0.1) is 11.8 Å². The number of carbonyl (C=O) groups excluding carboxylic acids is 4. The van der Waals surface area contributed by atoms with Crippen LogP contribution in [0, 0.1) is 11.8 Å². The van der Waals surface area contributed by atoms with Crippen LogP contribution in [0.1, 0.15) is 25.7 Å². The predicted octanol–water partition coefficient (Wildman–Crippen LogP) is 2.65. The van der Waals surface area contributed by atoms with Gasteiger partial charge in [-0.2, -0.15) is 0 Å². The molecule has 2 atom stereocenters. The summed E-state index contributed by atoms with van der Waals surface area (Å²) in [5, 5.41) is 3.20. The van der Waals surface area contributed by atoms with E-state index in [-0.39, 0.29) is 23.7 Å². The lowest BCUT2D eigenvalue weighted by Gasteiger charge is -2.19. The number of likely N-dealkylation sites (tertiary alicyclic amines) is 1.